The number of hydrogen-bond acceptors (Lipinski definition) is 6. The van der Waals surface area contributed by atoms with E-state index >= 15 is 0 Å². The molecule has 1 aromatic heterocycles. The van der Waals surface area contributed by atoms with Gasteiger partial charge in [0.2, 0.25) is 0 Å². The molecule has 0 fully saturated rings. The number of rotatable bonds is 13. The van der Waals surface area contributed by atoms with Gasteiger partial charge in [0.25, 0.3) is 0 Å². The van der Waals surface area contributed by atoms with Crippen LogP contribution < -0.4 is 10.2 Å². The van der Waals surface area contributed by atoms with Crippen molar-refractivity contribution in [2.45, 2.75) is 19.3 Å². The second-order valence-corrected chi connectivity index (χ2v) is 8.98. The number of ether oxygens (including phenoxy) is 1. The molecule has 5 nitrogen and oxygen atoms in total. The molecule has 3 rings (SSSR count). The van der Waals surface area contributed by atoms with Crippen LogP contribution in [0.25, 0.3) is 10.2 Å². The molecule has 0 saturated carbocycles. The Morgan fingerprint density at radius 1 is 1.03 bits per heavy atom. The molecule has 7 heteroatoms. The fraction of sp³-hybridized carbons (Fsp3) is 0.409. The number of fused-ring (bicyclic) bond motifs is 1. The quantitative estimate of drug-likeness (QED) is 0.358. The number of aromatic hydroxyl groups is 1. The Bertz CT molecular complexity index is 925. The Morgan fingerprint density at radius 2 is 1.90 bits per heavy atom. The van der Waals surface area contributed by atoms with Gasteiger partial charge in [-0.1, -0.05) is 47.7 Å². The molecule has 0 bridgehead atoms. The second-order valence-electron chi connectivity index (χ2n) is 6.78. The molecule has 0 atom stereocenters. The standard InChI is InChI=1S/C22H28N2O3S2/c25-19-8-7-18(21-20(19)24-22(26)29-21)9-11-23-12-16-28-15-4-13-27-14-10-17-5-2-1-3-6-17/h1-3,5-8,23,25H,4,9-16H2,(H,24,26). The highest BCUT2D eigenvalue weighted by Gasteiger charge is 2.09. The largest absolute Gasteiger partial charge is 0.506 e. The fourth-order valence-corrected chi connectivity index (χ4v) is 4.78. The predicted octanol–water partition coefficient (Wildman–Crippen LogP) is 3.81. The summed E-state index contributed by atoms with van der Waals surface area (Å²) in [6.07, 6.45) is 2.90. The first-order valence-corrected chi connectivity index (χ1v) is 11.9. The van der Waals surface area contributed by atoms with Gasteiger partial charge in [-0.15, -0.1) is 0 Å². The summed E-state index contributed by atoms with van der Waals surface area (Å²) in [5.74, 6) is 2.32. The molecule has 0 spiro atoms. The summed E-state index contributed by atoms with van der Waals surface area (Å²) >= 11 is 3.10. The van der Waals surface area contributed by atoms with Crippen molar-refractivity contribution in [3.8, 4) is 5.75 Å². The van der Waals surface area contributed by atoms with Gasteiger partial charge in [0, 0.05) is 18.9 Å². The molecule has 29 heavy (non-hydrogen) atoms. The maximum absolute atomic E-state index is 11.5. The van der Waals surface area contributed by atoms with Gasteiger partial charge in [-0.3, -0.25) is 4.79 Å². The van der Waals surface area contributed by atoms with Crippen LogP contribution in [0.3, 0.4) is 0 Å². The van der Waals surface area contributed by atoms with Crippen LogP contribution in [0.5, 0.6) is 5.75 Å². The molecular weight excluding hydrogens is 404 g/mol. The van der Waals surface area contributed by atoms with Crippen LogP contribution in [-0.2, 0) is 17.6 Å². The smallest absolute Gasteiger partial charge is 0.305 e. The van der Waals surface area contributed by atoms with Gasteiger partial charge in [0.1, 0.15) is 11.3 Å². The molecule has 156 valence electrons. The second kappa shape index (κ2) is 12.0. The molecule has 0 radical (unpaired) electrons. The summed E-state index contributed by atoms with van der Waals surface area (Å²) in [5, 5.41) is 13.3. The molecule has 3 aromatic rings. The lowest BCUT2D eigenvalue weighted by Crippen LogP contribution is -2.20. The highest BCUT2D eigenvalue weighted by molar-refractivity contribution is 7.99. The van der Waals surface area contributed by atoms with E-state index in [-0.39, 0.29) is 10.6 Å². The zero-order valence-corrected chi connectivity index (χ0v) is 18.1. The Hall–Kier alpha value is -1.80. The first-order valence-electron chi connectivity index (χ1n) is 9.98. The summed E-state index contributed by atoms with van der Waals surface area (Å²) in [5.41, 5.74) is 2.97. The lowest BCUT2D eigenvalue weighted by molar-refractivity contribution is 0.138. The molecule has 0 unspecified atom stereocenters. The fourth-order valence-electron chi connectivity index (χ4n) is 3.06. The minimum absolute atomic E-state index is 0.129. The van der Waals surface area contributed by atoms with Gasteiger partial charge < -0.3 is 20.1 Å². The Labute approximate surface area is 179 Å². The third-order valence-corrected chi connectivity index (χ3v) is 6.62. The van der Waals surface area contributed by atoms with Gasteiger partial charge in [-0.2, -0.15) is 11.8 Å². The molecule has 0 aliphatic carbocycles. The first-order chi connectivity index (χ1) is 14.2. The van der Waals surface area contributed by atoms with Crippen LogP contribution >= 0.6 is 23.1 Å². The van der Waals surface area contributed by atoms with E-state index in [4.69, 9.17) is 4.74 Å². The van der Waals surface area contributed by atoms with Crippen molar-refractivity contribution in [3.63, 3.8) is 0 Å². The number of phenols is 1. The molecule has 3 N–H and O–H groups in total. The number of hydrogen-bond donors (Lipinski definition) is 3. The third-order valence-electron chi connectivity index (χ3n) is 4.59. The minimum atomic E-state index is -0.129. The van der Waals surface area contributed by atoms with E-state index < -0.39 is 0 Å². The van der Waals surface area contributed by atoms with Gasteiger partial charge in [-0.25, -0.2) is 0 Å². The summed E-state index contributed by atoms with van der Waals surface area (Å²) in [7, 11) is 0. The lowest BCUT2D eigenvalue weighted by atomic mass is 10.1. The maximum Gasteiger partial charge on any atom is 0.305 e. The number of thioether (sulfide) groups is 1. The number of aromatic amines is 1. The normalized spacial score (nSPS) is 11.3. The predicted molar refractivity (Wildman–Crippen MR) is 124 cm³/mol. The average Bonchev–Trinajstić information content (AvgIpc) is 3.13. The Kier molecular flexibility index (Phi) is 9.08. The van der Waals surface area contributed by atoms with Crippen molar-refractivity contribution < 1.29 is 9.84 Å². The van der Waals surface area contributed by atoms with E-state index in [9.17, 15) is 9.90 Å². The van der Waals surface area contributed by atoms with Crippen molar-refractivity contribution in [1.29, 1.82) is 0 Å². The number of aromatic nitrogens is 1. The van der Waals surface area contributed by atoms with Gasteiger partial charge >= 0.3 is 4.87 Å². The average molecular weight is 433 g/mol. The monoisotopic (exact) mass is 432 g/mol. The molecule has 1 heterocycles. The van der Waals surface area contributed by atoms with Crippen LogP contribution in [0.15, 0.2) is 47.3 Å². The topological polar surface area (TPSA) is 74.4 Å². The number of thiazole rings is 1. The highest BCUT2D eigenvalue weighted by Crippen LogP contribution is 2.27. The van der Waals surface area contributed by atoms with Crippen molar-refractivity contribution in [2.75, 3.05) is 37.8 Å². The minimum Gasteiger partial charge on any atom is -0.506 e. The van der Waals surface area contributed by atoms with Crippen molar-refractivity contribution in [2.24, 2.45) is 0 Å². The highest BCUT2D eigenvalue weighted by atomic mass is 32.2. The Balaban J connectivity index is 1.19. The van der Waals surface area contributed by atoms with Gasteiger partial charge in [0.05, 0.1) is 11.3 Å². The lowest BCUT2D eigenvalue weighted by Gasteiger charge is -2.07. The van der Waals surface area contributed by atoms with Gasteiger partial charge in [-0.05, 0) is 48.8 Å². The SMILES string of the molecule is O=c1[nH]c2c(O)ccc(CCNCCSCCCOCCc3ccccc3)c2s1. The number of H-pyrrole nitrogens is 1. The van der Waals surface area contributed by atoms with Crippen molar-refractivity contribution >= 4 is 33.3 Å². The third kappa shape index (κ3) is 7.19. The number of benzene rings is 2. The number of phenolic OH excluding ortho intramolecular Hbond substituents is 1. The first kappa shape index (κ1) is 21.9. The van der Waals surface area contributed by atoms with Crippen LogP contribution in [0.4, 0.5) is 0 Å². The van der Waals surface area contributed by atoms with E-state index in [2.05, 4.69) is 34.6 Å². The van der Waals surface area contributed by atoms with E-state index in [1.165, 1.54) is 5.56 Å². The van der Waals surface area contributed by atoms with E-state index in [0.717, 1.165) is 78.7 Å². The van der Waals surface area contributed by atoms with Crippen LogP contribution in [0.2, 0.25) is 0 Å². The molecular formula is C22H28N2O3S2. The molecule has 2 aromatic carbocycles. The summed E-state index contributed by atoms with van der Waals surface area (Å²) in [6.45, 7) is 3.43. The Morgan fingerprint density at radius 3 is 2.76 bits per heavy atom. The maximum atomic E-state index is 11.5. The summed E-state index contributed by atoms with van der Waals surface area (Å²) in [6, 6.07) is 14.0. The van der Waals surface area contributed by atoms with E-state index in [0.29, 0.717) is 5.52 Å². The number of nitrogens with one attached hydrogen (secondary N) is 2. The van der Waals surface area contributed by atoms with Crippen molar-refractivity contribution in [1.82, 2.24) is 10.3 Å². The molecule has 0 amide bonds. The van der Waals surface area contributed by atoms with Gasteiger partial charge in [0.15, 0.2) is 0 Å². The summed E-state index contributed by atoms with van der Waals surface area (Å²) in [4.78, 5) is 14.1. The molecule has 0 aliphatic heterocycles. The zero-order valence-electron chi connectivity index (χ0n) is 16.5. The summed E-state index contributed by atoms with van der Waals surface area (Å²) < 4.78 is 6.57. The zero-order chi connectivity index (χ0) is 20.3. The van der Waals surface area contributed by atoms with Crippen LogP contribution in [0, 0.1) is 0 Å². The van der Waals surface area contributed by atoms with Crippen LogP contribution in [-0.4, -0.2) is 47.9 Å². The van der Waals surface area contributed by atoms with E-state index in [1.807, 2.05) is 23.9 Å². The molecule has 0 aliphatic rings. The van der Waals surface area contributed by atoms with Crippen molar-refractivity contribution in [3.05, 3.63) is 63.3 Å². The molecule has 0 saturated heterocycles. The van der Waals surface area contributed by atoms with E-state index in [1.54, 1.807) is 6.07 Å². The van der Waals surface area contributed by atoms with Crippen LogP contribution in [0.1, 0.15) is 17.5 Å².